The Morgan fingerprint density at radius 2 is 2.10 bits per heavy atom. The van der Waals surface area contributed by atoms with Crippen molar-refractivity contribution in [3.8, 4) is 0 Å². The maximum atomic E-state index is 12.3. The molecule has 0 bridgehead atoms. The molecule has 31 heavy (non-hydrogen) atoms. The molecule has 1 aromatic carbocycles. The summed E-state index contributed by atoms with van der Waals surface area (Å²) in [5.41, 5.74) is 2.06. The molecule has 8 heteroatoms. The number of hydrogen-bond acceptors (Lipinski definition) is 7. The lowest BCUT2D eigenvalue weighted by Gasteiger charge is -2.17. The fourth-order valence-corrected chi connectivity index (χ4v) is 5.66. The number of aliphatic hydroxyl groups is 2. The van der Waals surface area contributed by atoms with Crippen molar-refractivity contribution in [3.05, 3.63) is 47.5 Å². The lowest BCUT2D eigenvalue weighted by atomic mass is 10.0. The Balaban J connectivity index is 1.85. The van der Waals surface area contributed by atoms with E-state index in [1.54, 1.807) is 12.2 Å². The lowest BCUT2D eigenvalue weighted by Crippen LogP contribution is -2.22. The van der Waals surface area contributed by atoms with Crippen LogP contribution in [0.15, 0.2) is 36.4 Å². The van der Waals surface area contributed by atoms with Gasteiger partial charge in [0, 0.05) is 25.4 Å². The summed E-state index contributed by atoms with van der Waals surface area (Å²) < 4.78 is 5.43. The molecule has 172 valence electrons. The molecular weight excluding hydrogens is 436 g/mol. The van der Waals surface area contributed by atoms with E-state index in [9.17, 15) is 19.8 Å². The molecular formula is C23H32O6S2. The van der Waals surface area contributed by atoms with E-state index in [4.69, 9.17) is 9.84 Å². The standard InChI is InChI=1S/C23H32O6S2/c1-2-29-14-17-6-3-5-16(11-17)12-18(24)7-8-19-20(25)13-21(26)23(19)31-10-4-9-30-15-22(27)28/h3,5-8,11,18-20,23-25H,2,4,9-10,12-15H2,1H3,(H,27,28)/b8-7+/t18?,19-,20+,23+/m0/s1. The van der Waals surface area contributed by atoms with Crippen molar-refractivity contribution >= 4 is 35.3 Å². The van der Waals surface area contributed by atoms with Gasteiger partial charge in [0.05, 0.1) is 29.8 Å². The zero-order valence-electron chi connectivity index (χ0n) is 17.8. The second-order valence-corrected chi connectivity index (χ2v) is 9.87. The minimum Gasteiger partial charge on any atom is -0.481 e. The summed E-state index contributed by atoms with van der Waals surface area (Å²) in [5, 5.41) is 29.1. The third-order valence-electron chi connectivity index (χ3n) is 4.94. The first-order chi connectivity index (χ1) is 14.9. The van der Waals surface area contributed by atoms with E-state index >= 15 is 0 Å². The van der Waals surface area contributed by atoms with Crippen molar-refractivity contribution in [1.29, 1.82) is 0 Å². The van der Waals surface area contributed by atoms with Crippen LogP contribution in [0.2, 0.25) is 0 Å². The average molecular weight is 469 g/mol. The van der Waals surface area contributed by atoms with Crippen LogP contribution >= 0.6 is 23.5 Å². The fourth-order valence-electron chi connectivity index (χ4n) is 3.47. The monoisotopic (exact) mass is 468 g/mol. The number of Topliss-reactive ketones (excluding diaryl/α,β-unsaturated/α-hetero) is 1. The fraction of sp³-hybridized carbons (Fsp3) is 0.565. The Morgan fingerprint density at radius 1 is 1.32 bits per heavy atom. The van der Waals surface area contributed by atoms with Gasteiger partial charge in [-0.05, 0) is 36.0 Å². The first-order valence-electron chi connectivity index (χ1n) is 10.5. The van der Waals surface area contributed by atoms with Crippen LogP contribution in [0.25, 0.3) is 0 Å². The molecule has 6 nitrogen and oxygen atoms in total. The molecule has 0 amide bonds. The zero-order chi connectivity index (χ0) is 22.6. The predicted molar refractivity (Wildman–Crippen MR) is 126 cm³/mol. The Bertz CT molecular complexity index is 739. The highest BCUT2D eigenvalue weighted by atomic mass is 32.2. The molecule has 1 aromatic rings. The van der Waals surface area contributed by atoms with Gasteiger partial charge in [-0.3, -0.25) is 9.59 Å². The maximum absolute atomic E-state index is 12.3. The van der Waals surface area contributed by atoms with Gasteiger partial charge in [0.2, 0.25) is 0 Å². The van der Waals surface area contributed by atoms with E-state index in [-0.39, 0.29) is 29.1 Å². The Labute approximate surface area is 192 Å². The van der Waals surface area contributed by atoms with Crippen LogP contribution < -0.4 is 0 Å². The van der Waals surface area contributed by atoms with Crippen molar-refractivity contribution in [2.75, 3.05) is 23.9 Å². The van der Waals surface area contributed by atoms with Crippen LogP contribution in [0, 0.1) is 5.92 Å². The maximum Gasteiger partial charge on any atom is 0.313 e. The zero-order valence-corrected chi connectivity index (χ0v) is 19.4. The highest BCUT2D eigenvalue weighted by Gasteiger charge is 2.40. The number of carbonyl (C=O) groups is 2. The number of rotatable bonds is 14. The molecule has 1 unspecified atom stereocenters. The summed E-state index contributed by atoms with van der Waals surface area (Å²) in [6.07, 6.45) is 3.41. The molecule has 4 atom stereocenters. The molecule has 0 radical (unpaired) electrons. The minimum absolute atomic E-state index is 0.0310. The number of ether oxygens (including phenoxy) is 1. The molecule has 0 aliphatic heterocycles. The van der Waals surface area contributed by atoms with Gasteiger partial charge in [0.15, 0.2) is 0 Å². The quantitative estimate of drug-likeness (QED) is 0.283. The van der Waals surface area contributed by atoms with Crippen molar-refractivity contribution in [3.63, 3.8) is 0 Å². The Morgan fingerprint density at radius 3 is 2.84 bits per heavy atom. The van der Waals surface area contributed by atoms with Gasteiger partial charge in [-0.15, -0.1) is 11.8 Å². The summed E-state index contributed by atoms with van der Waals surface area (Å²) in [6.45, 7) is 3.14. The van der Waals surface area contributed by atoms with Gasteiger partial charge in [0.25, 0.3) is 0 Å². The number of aliphatic carboxylic acids is 1. The van der Waals surface area contributed by atoms with Crippen LogP contribution in [-0.2, 0) is 27.4 Å². The smallest absolute Gasteiger partial charge is 0.313 e. The number of carboxylic acid groups (broad SMARTS) is 1. The van der Waals surface area contributed by atoms with Crippen molar-refractivity contribution in [1.82, 2.24) is 0 Å². The number of carbonyl (C=O) groups excluding carboxylic acids is 1. The summed E-state index contributed by atoms with van der Waals surface area (Å²) in [5.74, 6) is 0.437. The summed E-state index contributed by atoms with van der Waals surface area (Å²) in [7, 11) is 0. The molecule has 2 rings (SSSR count). The van der Waals surface area contributed by atoms with E-state index < -0.39 is 18.2 Å². The second-order valence-electron chi connectivity index (χ2n) is 7.52. The van der Waals surface area contributed by atoms with Gasteiger partial charge < -0.3 is 20.1 Å². The second kappa shape index (κ2) is 14.0. The molecule has 1 fully saturated rings. The average Bonchev–Trinajstić information content (AvgIpc) is 2.99. The van der Waals surface area contributed by atoms with Crippen LogP contribution in [-0.4, -0.2) is 68.4 Å². The third kappa shape index (κ3) is 9.37. The number of carboxylic acids is 1. The lowest BCUT2D eigenvalue weighted by molar-refractivity contribution is -0.133. The summed E-state index contributed by atoms with van der Waals surface area (Å²) in [4.78, 5) is 22.8. The van der Waals surface area contributed by atoms with Crippen molar-refractivity contribution < 1.29 is 29.6 Å². The van der Waals surface area contributed by atoms with Crippen LogP contribution in [0.5, 0.6) is 0 Å². The van der Waals surface area contributed by atoms with E-state index in [1.807, 2.05) is 31.2 Å². The molecule has 1 aliphatic carbocycles. The SMILES string of the molecule is CCOCc1cccc(CC(O)/C=C/[C@H]2[C@H](O)CC(=O)[C@@H]2SCCCSCC(=O)O)c1. The number of benzene rings is 1. The normalized spacial score (nSPS) is 22.3. The molecule has 0 heterocycles. The van der Waals surface area contributed by atoms with E-state index in [1.165, 1.54) is 23.5 Å². The number of hydrogen-bond donors (Lipinski definition) is 3. The van der Waals surface area contributed by atoms with Crippen molar-refractivity contribution in [2.45, 2.75) is 50.3 Å². The van der Waals surface area contributed by atoms with Crippen LogP contribution in [0.4, 0.5) is 0 Å². The minimum atomic E-state index is -0.823. The first kappa shape index (κ1) is 25.9. The highest BCUT2D eigenvalue weighted by molar-refractivity contribution is 8.01. The van der Waals surface area contributed by atoms with Crippen LogP contribution in [0.3, 0.4) is 0 Å². The predicted octanol–water partition coefficient (Wildman–Crippen LogP) is 2.94. The van der Waals surface area contributed by atoms with E-state index in [2.05, 4.69) is 0 Å². The number of thioether (sulfide) groups is 2. The highest BCUT2D eigenvalue weighted by Crippen LogP contribution is 2.34. The van der Waals surface area contributed by atoms with Gasteiger partial charge in [-0.2, -0.15) is 11.8 Å². The van der Waals surface area contributed by atoms with Gasteiger partial charge >= 0.3 is 5.97 Å². The topological polar surface area (TPSA) is 104 Å². The Hall–Kier alpha value is -1.32. The molecule has 0 aromatic heterocycles. The van der Waals surface area contributed by atoms with Gasteiger partial charge in [-0.1, -0.05) is 36.4 Å². The van der Waals surface area contributed by atoms with Gasteiger partial charge in [0.1, 0.15) is 5.78 Å². The molecule has 0 spiro atoms. The van der Waals surface area contributed by atoms with Gasteiger partial charge in [-0.25, -0.2) is 0 Å². The molecule has 3 N–H and O–H groups in total. The number of ketones is 1. The number of aliphatic hydroxyl groups excluding tert-OH is 2. The third-order valence-corrected chi connectivity index (χ3v) is 7.43. The Kier molecular flexibility index (Phi) is 11.7. The molecule has 1 saturated carbocycles. The molecule has 0 saturated heterocycles. The largest absolute Gasteiger partial charge is 0.481 e. The van der Waals surface area contributed by atoms with Crippen molar-refractivity contribution in [2.24, 2.45) is 5.92 Å². The van der Waals surface area contributed by atoms with Crippen LogP contribution in [0.1, 0.15) is 30.9 Å². The first-order valence-corrected chi connectivity index (χ1v) is 12.7. The molecule has 1 aliphatic rings. The summed E-state index contributed by atoms with van der Waals surface area (Å²) >= 11 is 2.88. The van der Waals surface area contributed by atoms with E-state index in [0.717, 1.165) is 29.1 Å². The van der Waals surface area contributed by atoms with E-state index in [0.29, 0.717) is 19.6 Å². The summed E-state index contributed by atoms with van der Waals surface area (Å²) in [6, 6.07) is 7.91.